The van der Waals surface area contributed by atoms with Crippen molar-refractivity contribution in [3.63, 3.8) is 0 Å². The van der Waals surface area contributed by atoms with E-state index in [0.717, 1.165) is 0 Å². The van der Waals surface area contributed by atoms with Gasteiger partial charge in [0.05, 0.1) is 23.9 Å². The number of aromatic hydroxyl groups is 1. The maximum atomic E-state index is 14.0. The van der Waals surface area contributed by atoms with Gasteiger partial charge in [-0.15, -0.1) is 0 Å². The van der Waals surface area contributed by atoms with Crippen molar-refractivity contribution in [2.45, 2.75) is 51.8 Å². The first-order valence-corrected chi connectivity index (χ1v) is 13.1. The van der Waals surface area contributed by atoms with E-state index in [4.69, 9.17) is 16.2 Å². The summed E-state index contributed by atoms with van der Waals surface area (Å²) in [5.41, 5.74) is 7.66. The van der Waals surface area contributed by atoms with E-state index in [2.05, 4.69) is 5.32 Å². The molecule has 0 bridgehead atoms. The number of phenols is 1. The highest BCUT2D eigenvalue weighted by molar-refractivity contribution is 6.24. The van der Waals surface area contributed by atoms with Crippen molar-refractivity contribution in [2.75, 3.05) is 26.0 Å². The maximum Gasteiger partial charge on any atom is 0.411 e. The monoisotopic (exact) mass is 572 g/mol. The molecule has 0 spiro atoms. The Hall–Kier alpha value is -3.94. The Morgan fingerprint density at radius 1 is 1.20 bits per heavy atom. The normalized spacial score (nSPS) is 26.0. The van der Waals surface area contributed by atoms with Crippen LogP contribution in [0, 0.1) is 17.3 Å². The molecule has 3 aliphatic rings. The third kappa shape index (κ3) is 4.73. The largest absolute Gasteiger partial charge is 0.508 e. The van der Waals surface area contributed by atoms with E-state index in [-0.39, 0.29) is 48.2 Å². The Morgan fingerprint density at radius 3 is 2.37 bits per heavy atom. The van der Waals surface area contributed by atoms with Crippen LogP contribution in [-0.2, 0) is 32.1 Å². The lowest BCUT2D eigenvalue weighted by atomic mass is 9.57. The van der Waals surface area contributed by atoms with E-state index in [1.165, 1.54) is 25.1 Å². The standard InChI is InChI=1S/C28H36N4O9/c1-27(2,3)10-41-26(39)31-15-8-12(9-29)13-6-11-7-14-19(32(4)5)22(35)18(25(30)38)24(37)28(14,40)23(36)16(11)21(34)17(13)20(15)33/h8,11,14,19,33-34,37,40H,6-7,9-10,29H2,1-5H3,(H2,30,38)(H,31,39)/t11-,14-,19+,28-/m0/s1. The summed E-state index contributed by atoms with van der Waals surface area (Å²) in [7, 11) is 3.05. The summed E-state index contributed by atoms with van der Waals surface area (Å²) in [5, 5.41) is 47.6. The van der Waals surface area contributed by atoms with Gasteiger partial charge in [0, 0.05) is 18.0 Å². The number of nitrogens with zero attached hydrogens (tertiary/aromatic N) is 1. The van der Waals surface area contributed by atoms with Crippen molar-refractivity contribution in [1.82, 2.24) is 4.90 Å². The van der Waals surface area contributed by atoms with E-state index in [1.54, 1.807) is 0 Å². The summed E-state index contributed by atoms with van der Waals surface area (Å²) in [5.74, 6) is -7.60. The Kier molecular flexibility index (Phi) is 7.44. The zero-order valence-electron chi connectivity index (χ0n) is 23.6. The van der Waals surface area contributed by atoms with Crippen LogP contribution in [0.1, 0.15) is 43.9 Å². The minimum Gasteiger partial charge on any atom is -0.508 e. The molecule has 1 fully saturated rings. The van der Waals surface area contributed by atoms with E-state index in [9.17, 15) is 39.6 Å². The van der Waals surface area contributed by atoms with E-state index >= 15 is 0 Å². The smallest absolute Gasteiger partial charge is 0.411 e. The lowest BCUT2D eigenvalue weighted by Crippen LogP contribution is -2.65. The SMILES string of the molecule is CN(C)[C@H]1C(=O)C(C(N)=O)=C(O)[C@@]2(O)C(=O)C3=C(O)c4c(O)c(NC(=O)OCC(C)(C)C)cc(CN)c4C[C@H]3C[C@@H]12. The molecule has 222 valence electrons. The second-order valence-electron chi connectivity index (χ2n) is 12.2. The summed E-state index contributed by atoms with van der Waals surface area (Å²) in [4.78, 5) is 53.1. The summed E-state index contributed by atoms with van der Waals surface area (Å²) in [6.45, 7) is 5.64. The number of nitrogens with two attached hydrogens (primary N) is 2. The zero-order valence-corrected chi connectivity index (χ0v) is 23.6. The fraction of sp³-hybridized carbons (Fsp3) is 0.500. The molecule has 2 amide bonds. The quantitative estimate of drug-likeness (QED) is 0.195. The summed E-state index contributed by atoms with van der Waals surface area (Å²) >= 11 is 0. The minimum absolute atomic E-state index is 0.0460. The third-order valence-corrected chi connectivity index (χ3v) is 7.91. The first-order chi connectivity index (χ1) is 18.9. The number of phenolic OH excluding ortho intramolecular Hbond substituents is 1. The molecule has 1 saturated carbocycles. The van der Waals surface area contributed by atoms with Gasteiger partial charge >= 0.3 is 6.09 Å². The zero-order chi connectivity index (χ0) is 30.8. The molecule has 0 radical (unpaired) electrons. The van der Waals surface area contributed by atoms with Gasteiger partial charge in [0.15, 0.2) is 11.4 Å². The van der Waals surface area contributed by atoms with Gasteiger partial charge in [-0.3, -0.25) is 24.6 Å². The van der Waals surface area contributed by atoms with Gasteiger partial charge in [0.1, 0.15) is 22.8 Å². The van der Waals surface area contributed by atoms with Gasteiger partial charge in [-0.25, -0.2) is 4.79 Å². The number of amides is 2. The van der Waals surface area contributed by atoms with E-state index in [1.807, 2.05) is 20.8 Å². The fourth-order valence-corrected chi connectivity index (χ4v) is 6.09. The lowest BCUT2D eigenvalue weighted by molar-refractivity contribution is -0.153. The number of likely N-dealkylation sites (N-methyl/N-ethyl adjacent to an activating group) is 1. The Labute approximate surface area is 236 Å². The van der Waals surface area contributed by atoms with Crippen LogP contribution in [0.2, 0.25) is 0 Å². The van der Waals surface area contributed by atoms with Gasteiger partial charge in [-0.2, -0.15) is 0 Å². The van der Waals surface area contributed by atoms with E-state index < -0.39 is 69.9 Å². The average molecular weight is 573 g/mol. The van der Waals surface area contributed by atoms with Crippen molar-refractivity contribution in [1.29, 1.82) is 0 Å². The summed E-state index contributed by atoms with van der Waals surface area (Å²) in [6, 6.07) is 0.271. The Balaban J connectivity index is 1.86. The van der Waals surface area contributed by atoms with Crippen LogP contribution in [0.4, 0.5) is 10.5 Å². The van der Waals surface area contributed by atoms with Gasteiger partial charge < -0.3 is 36.6 Å². The number of hydrogen-bond donors (Lipinski definition) is 7. The number of nitrogens with one attached hydrogen (secondary N) is 1. The molecule has 13 heteroatoms. The molecular weight excluding hydrogens is 536 g/mol. The van der Waals surface area contributed by atoms with Crippen LogP contribution < -0.4 is 16.8 Å². The lowest BCUT2D eigenvalue weighted by Gasteiger charge is -2.50. The molecule has 41 heavy (non-hydrogen) atoms. The summed E-state index contributed by atoms with van der Waals surface area (Å²) < 4.78 is 5.21. The first kappa shape index (κ1) is 30.0. The molecule has 1 aromatic carbocycles. The molecule has 0 unspecified atom stereocenters. The van der Waals surface area contributed by atoms with Gasteiger partial charge in [-0.05, 0) is 55.5 Å². The number of rotatable bonds is 5. The number of carbonyl (C=O) groups excluding carboxylic acids is 4. The van der Waals surface area contributed by atoms with Crippen molar-refractivity contribution in [3.05, 3.63) is 39.7 Å². The van der Waals surface area contributed by atoms with Crippen molar-refractivity contribution < 1.29 is 44.3 Å². The number of ketones is 2. The first-order valence-electron chi connectivity index (χ1n) is 13.1. The number of Topliss-reactive ketones (excluding diaryl/α,β-unsaturated/α-hetero) is 2. The predicted molar refractivity (Wildman–Crippen MR) is 147 cm³/mol. The minimum atomic E-state index is -2.75. The molecule has 13 nitrogen and oxygen atoms in total. The van der Waals surface area contributed by atoms with Crippen LogP contribution in [-0.4, -0.2) is 81.2 Å². The second-order valence-corrected chi connectivity index (χ2v) is 12.2. The number of aliphatic hydroxyl groups is 3. The molecule has 0 heterocycles. The molecule has 4 atom stereocenters. The number of anilines is 1. The topological polar surface area (TPSA) is 226 Å². The molecule has 1 aromatic rings. The fourth-order valence-electron chi connectivity index (χ4n) is 6.09. The Morgan fingerprint density at radius 2 is 1.83 bits per heavy atom. The van der Waals surface area contributed by atoms with Gasteiger partial charge in [0.2, 0.25) is 5.78 Å². The molecule has 0 aromatic heterocycles. The Bertz CT molecular complexity index is 1420. The number of fused-ring (bicyclic) bond motifs is 3. The molecule has 4 rings (SSSR count). The molecule has 3 aliphatic carbocycles. The van der Waals surface area contributed by atoms with Crippen molar-refractivity contribution in [3.8, 4) is 5.75 Å². The van der Waals surface area contributed by atoms with Crippen LogP contribution in [0.25, 0.3) is 5.76 Å². The predicted octanol–water partition coefficient (Wildman–Crippen LogP) is 1.02. The van der Waals surface area contributed by atoms with Gasteiger partial charge in [-0.1, -0.05) is 20.8 Å². The third-order valence-electron chi connectivity index (χ3n) is 7.91. The summed E-state index contributed by atoms with van der Waals surface area (Å²) in [6.07, 6.45) is -0.820. The number of aliphatic hydroxyl groups excluding tert-OH is 2. The number of primary amides is 1. The highest BCUT2D eigenvalue weighted by Gasteiger charge is 2.64. The average Bonchev–Trinajstić information content (AvgIpc) is 2.85. The second kappa shape index (κ2) is 10.2. The van der Waals surface area contributed by atoms with Gasteiger partial charge in [0.25, 0.3) is 5.91 Å². The highest BCUT2D eigenvalue weighted by atomic mass is 16.5. The van der Waals surface area contributed by atoms with Crippen LogP contribution in [0.3, 0.4) is 0 Å². The van der Waals surface area contributed by atoms with Crippen LogP contribution in [0.5, 0.6) is 5.75 Å². The number of hydrogen-bond acceptors (Lipinski definition) is 11. The number of ether oxygens (including phenoxy) is 1. The molecule has 0 aliphatic heterocycles. The number of carbonyl (C=O) groups is 4. The molecular formula is C28H36N4O9. The maximum absolute atomic E-state index is 14.0. The molecule has 9 N–H and O–H groups in total. The highest BCUT2D eigenvalue weighted by Crippen LogP contribution is 2.53. The van der Waals surface area contributed by atoms with Crippen molar-refractivity contribution in [2.24, 2.45) is 28.7 Å². The molecule has 0 saturated heterocycles. The van der Waals surface area contributed by atoms with Crippen LogP contribution in [0.15, 0.2) is 23.0 Å². The van der Waals surface area contributed by atoms with Crippen LogP contribution >= 0.6 is 0 Å². The van der Waals surface area contributed by atoms with E-state index in [0.29, 0.717) is 11.1 Å². The van der Waals surface area contributed by atoms with Crippen molar-refractivity contribution >= 4 is 35.0 Å². The number of benzene rings is 1.